The molecule has 0 aliphatic carbocycles. The van der Waals surface area contributed by atoms with E-state index >= 15 is 0 Å². The summed E-state index contributed by atoms with van der Waals surface area (Å²) in [4.78, 5) is 16.3. The van der Waals surface area contributed by atoms with E-state index in [1.165, 1.54) is 21.8 Å². The fraction of sp³-hybridized carbons (Fsp3) is 0.357. The minimum atomic E-state index is 0.141. The second-order valence-corrected chi connectivity index (χ2v) is 6.72. The van der Waals surface area contributed by atoms with Gasteiger partial charge in [0.25, 0.3) is 0 Å². The zero-order valence-corrected chi connectivity index (χ0v) is 12.4. The molecular formula is C14H16N2OS2. The molecule has 0 amide bonds. The van der Waals surface area contributed by atoms with E-state index in [4.69, 9.17) is 5.73 Å². The fourth-order valence-electron chi connectivity index (χ4n) is 2.36. The van der Waals surface area contributed by atoms with Gasteiger partial charge in [0, 0.05) is 24.4 Å². The van der Waals surface area contributed by atoms with Crippen LogP contribution >= 0.6 is 22.7 Å². The van der Waals surface area contributed by atoms with Crippen molar-refractivity contribution in [1.29, 1.82) is 0 Å². The van der Waals surface area contributed by atoms with Crippen LogP contribution in [0.2, 0.25) is 0 Å². The van der Waals surface area contributed by atoms with Crippen LogP contribution in [-0.2, 0) is 13.0 Å². The number of nitrogen functional groups attached to an aromatic ring is 1. The van der Waals surface area contributed by atoms with Crippen LogP contribution in [0, 0.1) is 0 Å². The molecule has 0 bridgehead atoms. The first-order valence-corrected chi connectivity index (χ1v) is 8.11. The molecule has 2 N–H and O–H groups in total. The van der Waals surface area contributed by atoms with Gasteiger partial charge in [0.05, 0.1) is 15.6 Å². The minimum absolute atomic E-state index is 0.141. The van der Waals surface area contributed by atoms with Crippen LogP contribution in [0.5, 0.6) is 0 Å². The lowest BCUT2D eigenvalue weighted by molar-refractivity contribution is 0.0993. The predicted octanol–water partition coefficient (Wildman–Crippen LogP) is 3.55. The maximum absolute atomic E-state index is 11.8. The number of nitrogens with zero attached hydrogens (tertiary/aromatic N) is 1. The number of thiophene rings is 2. The molecular weight excluding hydrogens is 276 g/mol. The fourth-order valence-corrected chi connectivity index (χ4v) is 4.37. The highest BCUT2D eigenvalue weighted by molar-refractivity contribution is 7.18. The number of fused-ring (bicyclic) bond motifs is 1. The lowest BCUT2D eigenvalue weighted by Gasteiger charge is -2.27. The second-order valence-electron chi connectivity index (χ2n) is 4.69. The molecule has 1 aliphatic rings. The highest BCUT2D eigenvalue weighted by Crippen LogP contribution is 2.36. The molecule has 3 heterocycles. The third kappa shape index (κ3) is 2.28. The number of hydrogen-bond donors (Lipinski definition) is 1. The van der Waals surface area contributed by atoms with Crippen molar-refractivity contribution in [2.24, 2.45) is 0 Å². The molecule has 2 aromatic rings. The van der Waals surface area contributed by atoms with Crippen LogP contribution in [0.15, 0.2) is 17.5 Å². The number of Topliss-reactive ketones (excluding diaryl/α,β-unsaturated/α-hetero) is 1. The molecule has 0 saturated carbocycles. The standard InChI is InChI=1S/C14H16N2OS2/c1-2-11(17)14-10(15)7-13(19-14)16-5-3-12-9(8-16)4-6-18-12/h4,6-7H,2-3,5,8,15H2,1H3. The van der Waals surface area contributed by atoms with Gasteiger partial charge < -0.3 is 10.6 Å². The summed E-state index contributed by atoms with van der Waals surface area (Å²) in [6.07, 6.45) is 1.60. The number of hydrogen-bond acceptors (Lipinski definition) is 5. The van der Waals surface area contributed by atoms with Crippen LogP contribution in [0.25, 0.3) is 0 Å². The van der Waals surface area contributed by atoms with Gasteiger partial charge in [-0.1, -0.05) is 6.92 Å². The molecule has 5 heteroatoms. The van der Waals surface area contributed by atoms with Crippen LogP contribution in [0.1, 0.15) is 33.5 Å². The number of ketones is 1. The van der Waals surface area contributed by atoms with E-state index in [9.17, 15) is 4.79 Å². The summed E-state index contributed by atoms with van der Waals surface area (Å²) < 4.78 is 0. The van der Waals surface area contributed by atoms with E-state index in [1.54, 1.807) is 0 Å². The number of nitrogens with two attached hydrogens (primary N) is 1. The van der Waals surface area contributed by atoms with Crippen LogP contribution < -0.4 is 10.6 Å². The van der Waals surface area contributed by atoms with Gasteiger partial charge in [-0.25, -0.2) is 0 Å². The average Bonchev–Trinajstić information content (AvgIpc) is 3.03. The van der Waals surface area contributed by atoms with Crippen molar-refractivity contribution in [1.82, 2.24) is 0 Å². The maximum atomic E-state index is 11.8. The first kappa shape index (κ1) is 12.7. The summed E-state index contributed by atoms with van der Waals surface area (Å²) in [6, 6.07) is 4.14. The second kappa shape index (κ2) is 4.98. The molecule has 3 nitrogen and oxygen atoms in total. The monoisotopic (exact) mass is 292 g/mol. The van der Waals surface area contributed by atoms with Crippen molar-refractivity contribution in [2.75, 3.05) is 17.2 Å². The topological polar surface area (TPSA) is 46.3 Å². The predicted molar refractivity (Wildman–Crippen MR) is 82.4 cm³/mol. The van der Waals surface area contributed by atoms with Crippen molar-refractivity contribution in [3.8, 4) is 0 Å². The molecule has 0 aromatic carbocycles. The van der Waals surface area contributed by atoms with Gasteiger partial charge >= 0.3 is 0 Å². The molecule has 2 aromatic heterocycles. The van der Waals surface area contributed by atoms with E-state index in [0.717, 1.165) is 24.5 Å². The van der Waals surface area contributed by atoms with Crippen molar-refractivity contribution in [2.45, 2.75) is 26.3 Å². The highest BCUT2D eigenvalue weighted by Gasteiger charge is 2.21. The average molecular weight is 292 g/mol. The lowest BCUT2D eigenvalue weighted by atomic mass is 10.1. The number of carbonyl (C=O) groups excluding carboxylic acids is 1. The Kier molecular flexibility index (Phi) is 3.33. The smallest absolute Gasteiger partial charge is 0.174 e. The molecule has 0 saturated heterocycles. The zero-order chi connectivity index (χ0) is 13.4. The molecule has 0 atom stereocenters. The van der Waals surface area contributed by atoms with Gasteiger partial charge in [-0.2, -0.15) is 0 Å². The Morgan fingerprint density at radius 1 is 1.53 bits per heavy atom. The third-order valence-electron chi connectivity index (χ3n) is 3.44. The zero-order valence-electron chi connectivity index (χ0n) is 10.8. The summed E-state index contributed by atoms with van der Waals surface area (Å²) >= 11 is 3.37. The highest BCUT2D eigenvalue weighted by atomic mass is 32.1. The molecule has 19 heavy (non-hydrogen) atoms. The largest absolute Gasteiger partial charge is 0.397 e. The van der Waals surface area contributed by atoms with Gasteiger partial charge in [-0.05, 0) is 29.5 Å². The summed E-state index contributed by atoms with van der Waals surface area (Å²) in [5.41, 5.74) is 8.00. The van der Waals surface area contributed by atoms with E-state index in [0.29, 0.717) is 17.0 Å². The SMILES string of the molecule is CCC(=O)c1sc(N2CCc3sccc3C2)cc1N. The molecule has 0 radical (unpaired) electrons. The quantitative estimate of drug-likeness (QED) is 0.880. The summed E-state index contributed by atoms with van der Waals surface area (Å²) in [7, 11) is 0. The Labute approximate surface area is 120 Å². The van der Waals surface area contributed by atoms with Gasteiger partial charge in [0.15, 0.2) is 5.78 Å². The molecule has 100 valence electrons. The van der Waals surface area contributed by atoms with Crippen molar-refractivity contribution < 1.29 is 4.79 Å². The van der Waals surface area contributed by atoms with Crippen LogP contribution in [0.3, 0.4) is 0 Å². The van der Waals surface area contributed by atoms with Crippen LogP contribution in [0.4, 0.5) is 10.7 Å². The molecule has 0 fully saturated rings. The Morgan fingerprint density at radius 3 is 3.16 bits per heavy atom. The van der Waals surface area contributed by atoms with Crippen molar-refractivity contribution >= 4 is 39.1 Å². The lowest BCUT2D eigenvalue weighted by Crippen LogP contribution is -2.28. The van der Waals surface area contributed by atoms with Gasteiger partial charge in [-0.15, -0.1) is 22.7 Å². The molecule has 0 spiro atoms. The number of carbonyl (C=O) groups is 1. The van der Waals surface area contributed by atoms with Crippen molar-refractivity contribution in [3.05, 3.63) is 32.8 Å². The molecule has 1 aliphatic heterocycles. The number of anilines is 2. The maximum Gasteiger partial charge on any atom is 0.174 e. The van der Waals surface area contributed by atoms with Crippen molar-refractivity contribution in [3.63, 3.8) is 0 Å². The minimum Gasteiger partial charge on any atom is -0.397 e. The summed E-state index contributed by atoms with van der Waals surface area (Å²) in [5.74, 6) is 0.141. The third-order valence-corrected chi connectivity index (χ3v) is 5.72. The Morgan fingerprint density at radius 2 is 2.37 bits per heavy atom. The summed E-state index contributed by atoms with van der Waals surface area (Å²) in [5, 5.41) is 3.27. The molecule has 0 unspecified atom stereocenters. The van der Waals surface area contributed by atoms with Gasteiger partial charge in [0.1, 0.15) is 0 Å². The van der Waals surface area contributed by atoms with E-state index < -0.39 is 0 Å². The Bertz CT molecular complexity index is 615. The normalized spacial score (nSPS) is 14.5. The number of rotatable bonds is 3. The van der Waals surface area contributed by atoms with E-state index in [-0.39, 0.29) is 5.78 Å². The first-order valence-electron chi connectivity index (χ1n) is 6.41. The Hall–Kier alpha value is -1.33. The first-order chi connectivity index (χ1) is 9.19. The summed E-state index contributed by atoms with van der Waals surface area (Å²) in [6.45, 7) is 3.81. The Balaban J connectivity index is 1.86. The van der Waals surface area contributed by atoms with E-state index in [1.807, 2.05) is 24.3 Å². The van der Waals surface area contributed by atoms with Gasteiger partial charge in [-0.3, -0.25) is 4.79 Å². The van der Waals surface area contributed by atoms with E-state index in [2.05, 4.69) is 16.3 Å². The molecule has 3 rings (SSSR count). The van der Waals surface area contributed by atoms with Gasteiger partial charge in [0.2, 0.25) is 0 Å². The van der Waals surface area contributed by atoms with Crippen LogP contribution in [-0.4, -0.2) is 12.3 Å².